The first-order valence-corrected chi connectivity index (χ1v) is 12.9. The number of rotatable bonds is 6. The van der Waals surface area contributed by atoms with Gasteiger partial charge in [-0.3, -0.25) is 9.59 Å². The number of fused-ring (bicyclic) bond motifs is 1. The second-order valence-electron chi connectivity index (χ2n) is 8.97. The quantitative estimate of drug-likeness (QED) is 0.479. The number of anilines is 1. The standard InChI is InChI=1S/C21H27N5O5S2/c1-10-15-14(11(2)27)19(29)26(15)16(20(30)31)17(10)33-12-7-25(8-12)21-23-13(9-32-21)18(28)24-5-3-22-4-6-24/h9-12,14-15,22,27H,3-8H2,1-2H3,(H,30,31)/t10-,11-,14?,15?/m1/s1. The van der Waals surface area contributed by atoms with Gasteiger partial charge in [-0.2, -0.15) is 0 Å². The maximum Gasteiger partial charge on any atom is 0.353 e. The van der Waals surface area contributed by atoms with Gasteiger partial charge in [0.1, 0.15) is 11.4 Å². The molecule has 0 saturated carbocycles. The second-order valence-corrected chi connectivity index (χ2v) is 11.2. The molecule has 10 nitrogen and oxygen atoms in total. The first-order chi connectivity index (χ1) is 15.8. The molecule has 12 heteroatoms. The average molecular weight is 494 g/mol. The van der Waals surface area contributed by atoms with E-state index in [1.165, 1.54) is 28.0 Å². The Morgan fingerprint density at radius 1 is 1.30 bits per heavy atom. The number of aliphatic carboxylic acids is 1. The third-order valence-corrected chi connectivity index (χ3v) is 9.19. The zero-order valence-electron chi connectivity index (χ0n) is 18.4. The van der Waals surface area contributed by atoms with E-state index in [9.17, 15) is 24.6 Å². The van der Waals surface area contributed by atoms with Gasteiger partial charge in [-0.1, -0.05) is 6.92 Å². The minimum absolute atomic E-state index is 0.0386. The Balaban J connectivity index is 1.23. The van der Waals surface area contributed by atoms with E-state index < -0.39 is 18.0 Å². The van der Waals surface area contributed by atoms with Crippen LogP contribution in [0.25, 0.3) is 0 Å². The van der Waals surface area contributed by atoms with Gasteiger partial charge in [0.05, 0.1) is 18.1 Å². The molecule has 0 bridgehead atoms. The molecule has 178 valence electrons. The van der Waals surface area contributed by atoms with Gasteiger partial charge < -0.3 is 30.2 Å². The molecule has 0 aromatic carbocycles. The van der Waals surface area contributed by atoms with Crippen LogP contribution in [0.3, 0.4) is 0 Å². The minimum Gasteiger partial charge on any atom is -0.477 e. The lowest BCUT2D eigenvalue weighted by Gasteiger charge is -2.46. The highest BCUT2D eigenvalue weighted by Crippen LogP contribution is 2.52. The van der Waals surface area contributed by atoms with E-state index in [1.54, 1.807) is 12.3 Å². The van der Waals surface area contributed by atoms with Gasteiger partial charge in [0, 0.05) is 60.7 Å². The van der Waals surface area contributed by atoms with Crippen molar-refractivity contribution in [1.29, 1.82) is 0 Å². The van der Waals surface area contributed by atoms with Crippen LogP contribution in [0, 0.1) is 11.8 Å². The molecule has 4 aliphatic rings. The molecule has 0 spiro atoms. The summed E-state index contributed by atoms with van der Waals surface area (Å²) >= 11 is 2.96. The first kappa shape index (κ1) is 22.6. The molecule has 5 heterocycles. The van der Waals surface area contributed by atoms with Gasteiger partial charge in [0.15, 0.2) is 5.13 Å². The lowest BCUT2D eigenvalue weighted by atomic mass is 9.79. The third kappa shape index (κ3) is 3.72. The number of thioether (sulfide) groups is 1. The number of aromatic nitrogens is 1. The van der Waals surface area contributed by atoms with Crippen LogP contribution in [0.4, 0.5) is 5.13 Å². The molecule has 0 radical (unpaired) electrons. The number of nitrogens with one attached hydrogen (secondary N) is 1. The average Bonchev–Trinajstić information content (AvgIpc) is 3.32. The molecule has 3 fully saturated rings. The van der Waals surface area contributed by atoms with Crippen LogP contribution < -0.4 is 10.2 Å². The fraction of sp³-hybridized carbons (Fsp3) is 0.619. The summed E-state index contributed by atoms with van der Waals surface area (Å²) in [6, 6.07) is -0.292. The molecule has 2 unspecified atom stereocenters. The van der Waals surface area contributed by atoms with E-state index in [4.69, 9.17) is 0 Å². The zero-order chi connectivity index (χ0) is 23.4. The smallest absolute Gasteiger partial charge is 0.353 e. The third-order valence-electron chi connectivity index (χ3n) is 6.84. The van der Waals surface area contributed by atoms with E-state index in [-0.39, 0.29) is 34.7 Å². The SMILES string of the molecule is C[C@@H](O)C1C(=O)N2C(C(=O)O)=C(SC3CN(c4nc(C(=O)N5CCNCC5)cs4)C3)[C@H](C)C12. The number of carbonyl (C=O) groups excluding carboxylic acids is 2. The van der Waals surface area contributed by atoms with E-state index in [0.29, 0.717) is 36.8 Å². The van der Waals surface area contributed by atoms with Crippen molar-refractivity contribution in [3.05, 3.63) is 21.7 Å². The summed E-state index contributed by atoms with van der Waals surface area (Å²) in [5.41, 5.74) is 0.538. The summed E-state index contributed by atoms with van der Waals surface area (Å²) in [5.74, 6) is -2.13. The summed E-state index contributed by atoms with van der Waals surface area (Å²) in [4.78, 5) is 47.6. The molecule has 33 heavy (non-hydrogen) atoms. The van der Waals surface area contributed by atoms with Crippen molar-refractivity contribution >= 4 is 46.0 Å². The molecule has 0 aliphatic carbocycles. The number of carboxylic acid groups (broad SMARTS) is 1. The highest BCUT2D eigenvalue weighted by Gasteiger charge is 2.60. The molecular formula is C21H27N5O5S2. The van der Waals surface area contributed by atoms with Crippen LogP contribution in [0.15, 0.2) is 16.0 Å². The Labute approximate surface area is 199 Å². The Kier molecular flexibility index (Phi) is 5.88. The Morgan fingerprint density at radius 2 is 2.00 bits per heavy atom. The van der Waals surface area contributed by atoms with E-state index in [2.05, 4.69) is 15.2 Å². The van der Waals surface area contributed by atoms with Crippen molar-refractivity contribution in [2.24, 2.45) is 11.8 Å². The van der Waals surface area contributed by atoms with Gasteiger partial charge in [-0.05, 0) is 6.92 Å². The molecule has 1 aromatic heterocycles. The van der Waals surface area contributed by atoms with Crippen molar-refractivity contribution in [3.8, 4) is 0 Å². The predicted molar refractivity (Wildman–Crippen MR) is 124 cm³/mol. The summed E-state index contributed by atoms with van der Waals surface area (Å²) in [5, 5.41) is 25.8. The Bertz CT molecular complexity index is 1010. The highest BCUT2D eigenvalue weighted by molar-refractivity contribution is 8.03. The number of hydrogen-bond acceptors (Lipinski definition) is 9. The van der Waals surface area contributed by atoms with E-state index >= 15 is 0 Å². The van der Waals surface area contributed by atoms with Crippen molar-refractivity contribution < 1.29 is 24.6 Å². The lowest BCUT2D eigenvalue weighted by molar-refractivity contribution is -0.163. The number of β-lactam (4-membered cyclic amide) rings is 1. The van der Waals surface area contributed by atoms with Crippen LogP contribution in [-0.4, -0.2) is 99.4 Å². The molecule has 3 saturated heterocycles. The normalized spacial score (nSPS) is 28.5. The second kappa shape index (κ2) is 8.57. The van der Waals surface area contributed by atoms with Crippen LogP contribution in [0.1, 0.15) is 24.3 Å². The maximum atomic E-state index is 12.6. The van der Waals surface area contributed by atoms with Crippen molar-refractivity contribution in [2.75, 3.05) is 44.2 Å². The van der Waals surface area contributed by atoms with Crippen LogP contribution in [0.5, 0.6) is 0 Å². The molecule has 3 N–H and O–H groups in total. The van der Waals surface area contributed by atoms with Gasteiger partial charge in [-0.25, -0.2) is 9.78 Å². The van der Waals surface area contributed by atoms with Gasteiger partial charge >= 0.3 is 5.97 Å². The van der Waals surface area contributed by atoms with Crippen molar-refractivity contribution in [2.45, 2.75) is 31.2 Å². The molecular weight excluding hydrogens is 466 g/mol. The molecule has 4 aliphatic heterocycles. The number of amides is 2. The Hall–Kier alpha value is -2.15. The highest BCUT2D eigenvalue weighted by atomic mass is 32.2. The number of thiazole rings is 1. The van der Waals surface area contributed by atoms with Gasteiger partial charge in [-0.15, -0.1) is 23.1 Å². The maximum absolute atomic E-state index is 12.6. The van der Waals surface area contributed by atoms with Crippen molar-refractivity contribution in [1.82, 2.24) is 20.1 Å². The number of aliphatic hydroxyl groups is 1. The number of carbonyl (C=O) groups is 3. The Morgan fingerprint density at radius 3 is 2.64 bits per heavy atom. The molecule has 5 rings (SSSR count). The monoisotopic (exact) mass is 493 g/mol. The number of aliphatic hydroxyl groups excluding tert-OH is 1. The molecule has 2 amide bonds. The van der Waals surface area contributed by atoms with Crippen LogP contribution in [0.2, 0.25) is 0 Å². The zero-order valence-corrected chi connectivity index (χ0v) is 20.1. The minimum atomic E-state index is -1.10. The largest absolute Gasteiger partial charge is 0.477 e. The van der Waals surface area contributed by atoms with Gasteiger partial charge in [0.25, 0.3) is 5.91 Å². The first-order valence-electron chi connectivity index (χ1n) is 11.1. The lowest BCUT2D eigenvalue weighted by Crippen LogP contribution is -2.63. The number of piperazine rings is 1. The summed E-state index contributed by atoms with van der Waals surface area (Å²) < 4.78 is 0. The predicted octanol–water partition coefficient (Wildman–Crippen LogP) is 0.264. The topological polar surface area (TPSA) is 126 Å². The summed E-state index contributed by atoms with van der Waals surface area (Å²) in [6.45, 7) is 7.86. The summed E-state index contributed by atoms with van der Waals surface area (Å²) in [7, 11) is 0. The number of carboxylic acids is 1. The molecule has 4 atom stereocenters. The van der Waals surface area contributed by atoms with E-state index in [0.717, 1.165) is 18.2 Å². The van der Waals surface area contributed by atoms with Gasteiger partial charge in [0.2, 0.25) is 5.91 Å². The number of nitrogens with zero attached hydrogens (tertiary/aromatic N) is 4. The van der Waals surface area contributed by atoms with E-state index in [1.807, 2.05) is 11.8 Å². The van der Waals surface area contributed by atoms with Crippen LogP contribution in [-0.2, 0) is 9.59 Å². The summed E-state index contributed by atoms with van der Waals surface area (Å²) in [6.07, 6.45) is -0.803. The van der Waals surface area contributed by atoms with Crippen molar-refractivity contribution in [3.63, 3.8) is 0 Å². The number of hydrogen-bond donors (Lipinski definition) is 3. The fourth-order valence-corrected chi connectivity index (χ4v) is 7.40. The van der Waals surface area contributed by atoms with Crippen LogP contribution >= 0.6 is 23.1 Å². The molecule has 1 aromatic rings. The fourth-order valence-electron chi connectivity index (χ4n) is 5.06.